The summed E-state index contributed by atoms with van der Waals surface area (Å²) in [5.41, 5.74) is 1.21. The highest BCUT2D eigenvalue weighted by Gasteiger charge is 2.31. The van der Waals surface area contributed by atoms with E-state index in [-0.39, 0.29) is 23.9 Å². The first-order valence-electron chi connectivity index (χ1n) is 8.85. The average molecular weight is 460 g/mol. The fourth-order valence-electron chi connectivity index (χ4n) is 3.36. The molecule has 0 aliphatic carbocycles. The van der Waals surface area contributed by atoms with Crippen molar-refractivity contribution in [1.29, 1.82) is 0 Å². The van der Waals surface area contributed by atoms with Gasteiger partial charge in [-0.1, -0.05) is 40.2 Å². The van der Waals surface area contributed by atoms with Crippen LogP contribution in [0.5, 0.6) is 0 Å². The zero-order chi connectivity index (χ0) is 19.7. The molecule has 4 rings (SSSR count). The standard InChI is InChI=1S/C20H18BrN3O3S/c21-16-6-2-7-17(14-16)28(26,27)24-12-10-23(11-13-24)20(25)18-8-1-4-15-5-3-9-22-19(15)18/h1-9,14H,10-13H2. The van der Waals surface area contributed by atoms with Crippen LogP contribution in [0.1, 0.15) is 10.4 Å². The van der Waals surface area contributed by atoms with Crippen LogP contribution < -0.4 is 0 Å². The smallest absolute Gasteiger partial charge is 0.256 e. The Bertz CT molecular complexity index is 1140. The summed E-state index contributed by atoms with van der Waals surface area (Å²) in [5, 5.41) is 0.907. The van der Waals surface area contributed by atoms with Gasteiger partial charge in [0, 0.05) is 42.2 Å². The van der Waals surface area contributed by atoms with Gasteiger partial charge in [-0.2, -0.15) is 4.31 Å². The maximum absolute atomic E-state index is 13.0. The lowest BCUT2D eigenvalue weighted by Gasteiger charge is -2.34. The maximum Gasteiger partial charge on any atom is 0.256 e. The number of fused-ring (bicyclic) bond motifs is 1. The van der Waals surface area contributed by atoms with Gasteiger partial charge >= 0.3 is 0 Å². The van der Waals surface area contributed by atoms with Crippen LogP contribution in [0, 0.1) is 0 Å². The summed E-state index contributed by atoms with van der Waals surface area (Å²) < 4.78 is 27.8. The molecular weight excluding hydrogens is 442 g/mol. The van der Waals surface area contributed by atoms with Crippen LogP contribution in [-0.4, -0.2) is 54.7 Å². The zero-order valence-corrected chi connectivity index (χ0v) is 17.4. The predicted molar refractivity (Wildman–Crippen MR) is 111 cm³/mol. The summed E-state index contributed by atoms with van der Waals surface area (Å²) in [7, 11) is -3.58. The highest BCUT2D eigenvalue weighted by molar-refractivity contribution is 9.10. The molecule has 6 nitrogen and oxygen atoms in total. The summed E-state index contributed by atoms with van der Waals surface area (Å²) in [5.74, 6) is -0.121. The Morgan fingerprint density at radius 3 is 2.43 bits per heavy atom. The lowest BCUT2D eigenvalue weighted by atomic mass is 10.1. The number of hydrogen-bond donors (Lipinski definition) is 0. The van der Waals surface area contributed by atoms with E-state index in [1.807, 2.05) is 24.3 Å². The van der Waals surface area contributed by atoms with E-state index in [1.54, 1.807) is 41.4 Å². The van der Waals surface area contributed by atoms with Gasteiger partial charge in [-0.25, -0.2) is 8.42 Å². The van der Waals surface area contributed by atoms with Gasteiger partial charge in [0.05, 0.1) is 16.0 Å². The number of halogens is 1. The molecule has 1 aromatic heterocycles. The van der Waals surface area contributed by atoms with Crippen molar-refractivity contribution in [3.05, 3.63) is 70.8 Å². The molecule has 1 fully saturated rings. The number of amides is 1. The van der Waals surface area contributed by atoms with Crippen LogP contribution in [0.15, 0.2) is 70.2 Å². The molecule has 3 aromatic rings. The third-order valence-corrected chi connectivity index (χ3v) is 7.21. The fraction of sp³-hybridized carbons (Fsp3) is 0.200. The Morgan fingerprint density at radius 1 is 0.964 bits per heavy atom. The van der Waals surface area contributed by atoms with Gasteiger partial charge in [0.2, 0.25) is 10.0 Å². The number of hydrogen-bond acceptors (Lipinski definition) is 4. The first-order valence-corrected chi connectivity index (χ1v) is 11.1. The van der Waals surface area contributed by atoms with Gasteiger partial charge in [0.25, 0.3) is 5.91 Å². The normalized spacial score (nSPS) is 15.7. The summed E-state index contributed by atoms with van der Waals surface area (Å²) in [4.78, 5) is 19.3. The molecule has 0 radical (unpaired) electrons. The number of carbonyl (C=O) groups excluding carboxylic acids is 1. The molecule has 2 heterocycles. The highest BCUT2D eigenvalue weighted by atomic mass is 79.9. The predicted octanol–water partition coefficient (Wildman–Crippen LogP) is 3.14. The van der Waals surface area contributed by atoms with Gasteiger partial charge in [-0.3, -0.25) is 9.78 Å². The van der Waals surface area contributed by atoms with E-state index < -0.39 is 10.0 Å². The van der Waals surface area contributed by atoms with Crippen LogP contribution in [0.3, 0.4) is 0 Å². The molecule has 1 aliphatic rings. The summed E-state index contributed by atoms with van der Waals surface area (Å²) >= 11 is 3.31. The van der Waals surface area contributed by atoms with Gasteiger partial charge in [-0.15, -0.1) is 0 Å². The SMILES string of the molecule is O=C(c1cccc2cccnc12)N1CCN(S(=O)(=O)c2cccc(Br)c2)CC1. The number of rotatable bonds is 3. The minimum Gasteiger partial charge on any atom is -0.336 e. The number of aromatic nitrogens is 1. The Labute approximate surface area is 172 Å². The first-order chi connectivity index (χ1) is 13.5. The number of sulfonamides is 1. The largest absolute Gasteiger partial charge is 0.336 e. The highest BCUT2D eigenvalue weighted by Crippen LogP contribution is 2.23. The van der Waals surface area contributed by atoms with Gasteiger partial charge < -0.3 is 4.90 Å². The van der Waals surface area contributed by atoms with E-state index in [0.717, 1.165) is 5.39 Å². The van der Waals surface area contributed by atoms with E-state index in [4.69, 9.17) is 0 Å². The maximum atomic E-state index is 13.0. The van der Waals surface area contributed by atoms with E-state index in [2.05, 4.69) is 20.9 Å². The van der Waals surface area contributed by atoms with Crippen molar-refractivity contribution in [2.45, 2.75) is 4.90 Å². The average Bonchev–Trinajstić information content (AvgIpc) is 2.73. The van der Waals surface area contributed by atoms with Crippen LogP contribution in [0.25, 0.3) is 10.9 Å². The molecule has 2 aromatic carbocycles. The number of benzene rings is 2. The number of carbonyl (C=O) groups is 1. The van der Waals surface area contributed by atoms with Crippen molar-refractivity contribution < 1.29 is 13.2 Å². The second-order valence-corrected chi connectivity index (χ2v) is 9.39. The van der Waals surface area contributed by atoms with Crippen LogP contribution in [0.2, 0.25) is 0 Å². The third-order valence-electron chi connectivity index (χ3n) is 4.82. The van der Waals surface area contributed by atoms with Crippen molar-refractivity contribution in [2.24, 2.45) is 0 Å². The van der Waals surface area contributed by atoms with Gasteiger partial charge in [-0.05, 0) is 30.3 Å². The van der Waals surface area contributed by atoms with Crippen molar-refractivity contribution in [1.82, 2.24) is 14.2 Å². The Balaban J connectivity index is 1.52. The summed E-state index contributed by atoms with van der Waals surface area (Å²) in [6.45, 7) is 1.21. The van der Waals surface area contributed by atoms with Crippen molar-refractivity contribution >= 4 is 42.8 Å². The van der Waals surface area contributed by atoms with Crippen LogP contribution in [-0.2, 0) is 10.0 Å². The van der Waals surface area contributed by atoms with Gasteiger partial charge in [0.1, 0.15) is 0 Å². The molecule has 0 saturated carbocycles. The lowest BCUT2D eigenvalue weighted by molar-refractivity contribution is 0.0699. The summed E-state index contributed by atoms with van der Waals surface area (Å²) in [6, 6.07) is 15.9. The zero-order valence-electron chi connectivity index (χ0n) is 15.0. The molecule has 1 aliphatic heterocycles. The monoisotopic (exact) mass is 459 g/mol. The van der Waals surface area contributed by atoms with Crippen molar-refractivity contribution in [3.8, 4) is 0 Å². The number of nitrogens with zero attached hydrogens (tertiary/aromatic N) is 3. The topological polar surface area (TPSA) is 70.6 Å². The lowest BCUT2D eigenvalue weighted by Crippen LogP contribution is -2.50. The molecule has 0 bridgehead atoms. The quantitative estimate of drug-likeness (QED) is 0.602. The number of piperazine rings is 1. The van der Waals surface area contributed by atoms with Crippen LogP contribution >= 0.6 is 15.9 Å². The van der Waals surface area contributed by atoms with E-state index in [9.17, 15) is 13.2 Å². The number of para-hydroxylation sites is 1. The molecular formula is C20H18BrN3O3S. The first kappa shape index (κ1) is 19.0. The Morgan fingerprint density at radius 2 is 1.68 bits per heavy atom. The minimum absolute atomic E-state index is 0.121. The van der Waals surface area contributed by atoms with Gasteiger partial charge in [0.15, 0.2) is 0 Å². The summed E-state index contributed by atoms with van der Waals surface area (Å²) in [6.07, 6.45) is 1.67. The van der Waals surface area contributed by atoms with Crippen LogP contribution in [0.4, 0.5) is 0 Å². The van der Waals surface area contributed by atoms with E-state index >= 15 is 0 Å². The molecule has 0 N–H and O–H groups in total. The molecule has 28 heavy (non-hydrogen) atoms. The molecule has 1 saturated heterocycles. The molecule has 0 unspecified atom stereocenters. The minimum atomic E-state index is -3.58. The molecule has 144 valence electrons. The molecule has 8 heteroatoms. The number of pyridine rings is 1. The van der Waals surface area contributed by atoms with Crippen molar-refractivity contribution in [3.63, 3.8) is 0 Å². The second kappa shape index (κ2) is 7.62. The molecule has 0 atom stereocenters. The molecule has 0 spiro atoms. The second-order valence-electron chi connectivity index (χ2n) is 6.53. The van der Waals surface area contributed by atoms with E-state index in [0.29, 0.717) is 28.6 Å². The molecule has 1 amide bonds. The Hall–Kier alpha value is -2.29. The Kier molecular flexibility index (Phi) is 5.18. The van der Waals surface area contributed by atoms with Crippen molar-refractivity contribution in [2.75, 3.05) is 26.2 Å². The fourth-order valence-corrected chi connectivity index (χ4v) is 5.37. The third kappa shape index (κ3) is 3.55. The van der Waals surface area contributed by atoms with E-state index in [1.165, 1.54) is 4.31 Å².